The van der Waals surface area contributed by atoms with Gasteiger partial charge in [-0.25, -0.2) is 10.3 Å². The Balaban J connectivity index is 1.86. The molecule has 0 aromatic carbocycles. The first-order valence-corrected chi connectivity index (χ1v) is 14.3. The number of amides is 2. The lowest BCUT2D eigenvalue weighted by Gasteiger charge is -2.42. The molecule has 1 heterocycles. The van der Waals surface area contributed by atoms with E-state index in [1.54, 1.807) is 5.48 Å². The third-order valence-electron chi connectivity index (χ3n) is 7.92. The largest absolute Gasteiger partial charge is 0.490 e. The van der Waals surface area contributed by atoms with Crippen molar-refractivity contribution in [2.24, 2.45) is 10.9 Å². The molecule has 38 heavy (non-hydrogen) atoms. The van der Waals surface area contributed by atoms with E-state index in [1.807, 2.05) is 6.92 Å². The van der Waals surface area contributed by atoms with Crippen LogP contribution in [-0.2, 0) is 4.74 Å². The molecule has 9 heteroatoms. The predicted molar refractivity (Wildman–Crippen MR) is 154 cm³/mol. The van der Waals surface area contributed by atoms with Crippen LogP contribution in [0.3, 0.4) is 0 Å². The number of allylic oxidation sites excluding steroid dienone is 5. The van der Waals surface area contributed by atoms with E-state index in [0.717, 1.165) is 61.0 Å². The standard InChI is InChI=1S/C29H46ClN5O3/c1-7-19(2)27(38-25-10-8-9-11-25)17-26-21(4)31-22(5)28(32-29(36)33-37)35(26)15-14-34(6)18-23-12-13-24(30)16-20(23)3/h13,16-17,21,23,25,28,37H,7-12,14-15,18H2,1-6H3,(H2,32,33,36)/b26-17+,27-19+. The highest BCUT2D eigenvalue weighted by Gasteiger charge is 2.33. The normalized spacial score (nSPS) is 26.1. The number of aliphatic imine (C=N–C) groups is 1. The number of hydrogen-bond acceptors (Lipinski definition) is 6. The molecule has 0 bridgehead atoms. The van der Waals surface area contributed by atoms with Gasteiger partial charge >= 0.3 is 6.03 Å². The second-order valence-electron chi connectivity index (χ2n) is 10.9. The summed E-state index contributed by atoms with van der Waals surface area (Å²) in [6, 6.07) is -0.760. The van der Waals surface area contributed by atoms with Crippen molar-refractivity contribution < 1.29 is 14.7 Å². The second kappa shape index (κ2) is 14.2. The molecule has 3 rings (SSSR count). The Morgan fingerprint density at radius 3 is 2.68 bits per heavy atom. The number of nitrogens with zero attached hydrogens (tertiary/aromatic N) is 3. The van der Waals surface area contributed by atoms with Crippen LogP contribution in [0.25, 0.3) is 0 Å². The van der Waals surface area contributed by atoms with Crippen LogP contribution in [0.2, 0.25) is 0 Å². The van der Waals surface area contributed by atoms with E-state index >= 15 is 0 Å². The van der Waals surface area contributed by atoms with Crippen molar-refractivity contribution in [1.82, 2.24) is 20.6 Å². The van der Waals surface area contributed by atoms with Gasteiger partial charge in [0, 0.05) is 36.4 Å². The number of carbonyl (C=O) groups excluding carboxylic acids is 1. The predicted octanol–water partition coefficient (Wildman–Crippen LogP) is 5.71. The first kappa shape index (κ1) is 30.3. The lowest BCUT2D eigenvalue weighted by molar-refractivity contribution is 0.126. The lowest BCUT2D eigenvalue weighted by atomic mass is 9.92. The molecular formula is C29H46ClN5O3. The molecule has 0 aromatic heterocycles. The average Bonchev–Trinajstić information content (AvgIpc) is 3.40. The van der Waals surface area contributed by atoms with E-state index in [4.69, 9.17) is 21.3 Å². The van der Waals surface area contributed by atoms with Gasteiger partial charge in [0.2, 0.25) is 0 Å². The molecule has 1 saturated carbocycles. The molecule has 1 aliphatic heterocycles. The molecule has 2 aliphatic carbocycles. The van der Waals surface area contributed by atoms with Crippen LogP contribution in [-0.4, -0.2) is 71.7 Å². The van der Waals surface area contributed by atoms with Crippen molar-refractivity contribution in [3.8, 4) is 0 Å². The van der Waals surface area contributed by atoms with Gasteiger partial charge in [0.1, 0.15) is 11.9 Å². The molecule has 1 fully saturated rings. The number of carbonyl (C=O) groups is 1. The van der Waals surface area contributed by atoms with Gasteiger partial charge in [0.15, 0.2) is 0 Å². The van der Waals surface area contributed by atoms with Crippen LogP contribution in [0.4, 0.5) is 4.79 Å². The smallest absolute Gasteiger partial charge is 0.340 e. The molecule has 0 saturated heterocycles. The molecular weight excluding hydrogens is 502 g/mol. The maximum absolute atomic E-state index is 12.2. The van der Waals surface area contributed by atoms with Gasteiger partial charge in [-0.3, -0.25) is 10.2 Å². The quantitative estimate of drug-likeness (QED) is 0.185. The summed E-state index contributed by atoms with van der Waals surface area (Å²) >= 11 is 6.19. The van der Waals surface area contributed by atoms with Crippen LogP contribution in [0.5, 0.6) is 0 Å². The molecule has 8 nitrogen and oxygen atoms in total. The van der Waals surface area contributed by atoms with Crippen molar-refractivity contribution >= 4 is 23.3 Å². The van der Waals surface area contributed by atoms with E-state index in [2.05, 4.69) is 68.1 Å². The molecule has 3 N–H and O–H groups in total. The van der Waals surface area contributed by atoms with Gasteiger partial charge in [-0.15, -0.1) is 0 Å². The van der Waals surface area contributed by atoms with Crippen LogP contribution >= 0.6 is 11.6 Å². The maximum atomic E-state index is 12.2. The summed E-state index contributed by atoms with van der Waals surface area (Å²) < 4.78 is 6.53. The third-order valence-corrected chi connectivity index (χ3v) is 8.18. The summed E-state index contributed by atoms with van der Waals surface area (Å²) in [5, 5.41) is 12.9. The Bertz CT molecular complexity index is 996. The number of halogens is 1. The van der Waals surface area contributed by atoms with Crippen LogP contribution in [0.15, 0.2) is 50.9 Å². The monoisotopic (exact) mass is 547 g/mol. The summed E-state index contributed by atoms with van der Waals surface area (Å²) in [5.74, 6) is 1.34. The molecule has 0 aromatic rings. The van der Waals surface area contributed by atoms with E-state index in [-0.39, 0.29) is 12.1 Å². The molecule has 0 radical (unpaired) electrons. The van der Waals surface area contributed by atoms with Crippen molar-refractivity contribution in [2.75, 3.05) is 26.7 Å². The second-order valence-corrected chi connectivity index (χ2v) is 11.3. The van der Waals surface area contributed by atoms with Crippen molar-refractivity contribution in [3.05, 3.63) is 45.9 Å². The fourth-order valence-corrected chi connectivity index (χ4v) is 5.67. The number of ether oxygens (including phenoxy) is 1. The van der Waals surface area contributed by atoms with E-state index < -0.39 is 12.2 Å². The third kappa shape index (κ3) is 8.10. The molecule has 3 unspecified atom stereocenters. The summed E-state index contributed by atoms with van der Waals surface area (Å²) in [6.45, 7) is 12.8. The fraction of sp³-hybridized carbons (Fsp3) is 0.655. The average molecular weight is 548 g/mol. The lowest BCUT2D eigenvalue weighted by Crippen LogP contribution is -2.58. The van der Waals surface area contributed by atoms with Gasteiger partial charge in [0.25, 0.3) is 0 Å². The van der Waals surface area contributed by atoms with Crippen molar-refractivity contribution in [3.63, 3.8) is 0 Å². The zero-order valence-electron chi connectivity index (χ0n) is 23.9. The Morgan fingerprint density at radius 1 is 1.34 bits per heavy atom. The highest BCUT2D eigenvalue weighted by molar-refractivity contribution is 6.31. The topological polar surface area (TPSA) is 89.4 Å². The number of hydrogen-bond donors (Lipinski definition) is 3. The van der Waals surface area contributed by atoms with Crippen LogP contribution in [0, 0.1) is 5.92 Å². The minimum absolute atomic E-state index is 0.0989. The minimum Gasteiger partial charge on any atom is -0.490 e. The van der Waals surface area contributed by atoms with Crippen molar-refractivity contribution in [1.29, 1.82) is 0 Å². The fourth-order valence-electron chi connectivity index (χ4n) is 5.41. The summed E-state index contributed by atoms with van der Waals surface area (Å²) in [6.07, 6.45) is 12.4. The van der Waals surface area contributed by atoms with E-state index in [1.165, 1.54) is 24.0 Å². The van der Waals surface area contributed by atoms with Gasteiger partial charge in [-0.05, 0) is 90.8 Å². The first-order valence-electron chi connectivity index (χ1n) is 13.9. The SMILES string of the molecule is CC/C(C)=C(\C=C1/C(C)N=C(C)C(NC(=O)NO)N1CCN(C)CC1CC=C(Cl)C=C1C)OC1CCCC1. The summed E-state index contributed by atoms with van der Waals surface area (Å²) in [5.41, 5.74) is 5.99. The first-order chi connectivity index (χ1) is 18.1. The summed E-state index contributed by atoms with van der Waals surface area (Å²) in [4.78, 5) is 21.6. The van der Waals surface area contributed by atoms with Gasteiger partial charge in [0.05, 0.1) is 17.9 Å². The Hall–Kier alpha value is -2.29. The minimum atomic E-state index is -0.661. The Morgan fingerprint density at radius 2 is 2.05 bits per heavy atom. The number of likely N-dealkylation sites (N-methyl/N-ethyl adjacent to an activating group) is 1. The number of rotatable bonds is 10. The number of nitrogens with one attached hydrogen (secondary N) is 2. The van der Waals surface area contributed by atoms with Gasteiger partial charge < -0.3 is 19.9 Å². The highest BCUT2D eigenvalue weighted by atomic mass is 35.5. The molecule has 0 spiro atoms. The Kier molecular flexibility index (Phi) is 11.3. The molecule has 3 aliphatic rings. The van der Waals surface area contributed by atoms with Crippen LogP contribution < -0.4 is 10.8 Å². The van der Waals surface area contributed by atoms with E-state index in [0.29, 0.717) is 12.5 Å². The van der Waals surface area contributed by atoms with Gasteiger partial charge in [-0.1, -0.05) is 30.2 Å². The molecule has 3 atom stereocenters. The number of urea groups is 1. The maximum Gasteiger partial charge on any atom is 0.340 e. The van der Waals surface area contributed by atoms with Crippen LogP contribution in [0.1, 0.15) is 73.1 Å². The Labute approximate surface area is 233 Å². The summed E-state index contributed by atoms with van der Waals surface area (Å²) in [7, 11) is 2.13. The molecule has 212 valence electrons. The van der Waals surface area contributed by atoms with Gasteiger partial charge in [-0.2, -0.15) is 0 Å². The molecule has 2 amide bonds. The van der Waals surface area contributed by atoms with Crippen molar-refractivity contribution in [2.45, 2.75) is 91.5 Å². The zero-order chi connectivity index (χ0) is 27.8. The zero-order valence-corrected chi connectivity index (χ0v) is 24.6. The highest BCUT2D eigenvalue weighted by Crippen LogP contribution is 2.30. The van der Waals surface area contributed by atoms with E-state index in [9.17, 15) is 10.0 Å². The number of hydroxylamine groups is 1.